The lowest BCUT2D eigenvalue weighted by Gasteiger charge is -2.25. The molecule has 1 saturated carbocycles. The molecule has 0 spiro atoms. The quantitative estimate of drug-likeness (QED) is 0.561. The second-order valence-corrected chi connectivity index (χ2v) is 8.71. The first-order valence-electron chi connectivity index (χ1n) is 10.0. The fourth-order valence-electron chi connectivity index (χ4n) is 3.97. The van der Waals surface area contributed by atoms with Crippen LogP contribution >= 0.6 is 11.3 Å². The minimum atomic E-state index is -0.593. The number of aromatic nitrogens is 1. The van der Waals surface area contributed by atoms with Gasteiger partial charge in [-0.15, -0.1) is 11.3 Å². The van der Waals surface area contributed by atoms with Crippen LogP contribution in [0, 0.1) is 5.41 Å². The molecule has 1 fully saturated rings. The smallest absolute Gasteiger partial charge is 0.313 e. The number of fused-ring (bicyclic) bond motifs is 1. The average Bonchev–Trinajstić information content (AvgIpc) is 3.39. The maximum Gasteiger partial charge on any atom is 0.313 e. The first-order valence-corrected chi connectivity index (χ1v) is 10.9. The predicted molar refractivity (Wildman–Crippen MR) is 117 cm³/mol. The molecular formula is C23H24N2O4S. The molecule has 156 valence electrons. The fourth-order valence-corrected chi connectivity index (χ4v) is 5.08. The van der Waals surface area contributed by atoms with Crippen LogP contribution in [0.3, 0.4) is 0 Å². The molecule has 1 heterocycles. The van der Waals surface area contributed by atoms with Crippen molar-refractivity contribution in [2.24, 2.45) is 5.41 Å². The van der Waals surface area contributed by atoms with Gasteiger partial charge in [-0.25, -0.2) is 4.98 Å². The number of esters is 1. The van der Waals surface area contributed by atoms with Crippen molar-refractivity contribution in [3.63, 3.8) is 0 Å². The number of methoxy groups -OCH3 is 1. The van der Waals surface area contributed by atoms with Gasteiger partial charge in [0.15, 0.2) is 6.61 Å². The molecule has 1 aliphatic rings. The number of carbonyl (C=O) groups is 2. The molecule has 1 amide bonds. The van der Waals surface area contributed by atoms with Gasteiger partial charge in [-0.05, 0) is 37.1 Å². The van der Waals surface area contributed by atoms with E-state index in [-0.39, 0.29) is 18.5 Å². The van der Waals surface area contributed by atoms with Crippen LogP contribution in [-0.4, -0.2) is 30.6 Å². The monoisotopic (exact) mass is 424 g/mol. The molecule has 0 radical (unpaired) electrons. The molecule has 7 heteroatoms. The summed E-state index contributed by atoms with van der Waals surface area (Å²) in [7, 11) is 1.56. The van der Waals surface area contributed by atoms with Crippen molar-refractivity contribution in [2.45, 2.75) is 32.1 Å². The summed E-state index contributed by atoms with van der Waals surface area (Å²) in [6.07, 6.45) is 4.05. The van der Waals surface area contributed by atoms with Crippen LogP contribution in [0.1, 0.15) is 30.7 Å². The van der Waals surface area contributed by atoms with Crippen LogP contribution in [-0.2, 0) is 20.7 Å². The predicted octanol–water partition coefficient (Wildman–Crippen LogP) is 4.59. The van der Waals surface area contributed by atoms with Gasteiger partial charge in [-0.3, -0.25) is 9.59 Å². The van der Waals surface area contributed by atoms with Crippen molar-refractivity contribution in [1.82, 2.24) is 4.98 Å². The summed E-state index contributed by atoms with van der Waals surface area (Å²) in [6, 6.07) is 15.0. The lowest BCUT2D eigenvalue weighted by atomic mass is 9.83. The van der Waals surface area contributed by atoms with Gasteiger partial charge in [0.05, 0.1) is 27.7 Å². The highest BCUT2D eigenvalue weighted by Crippen LogP contribution is 2.43. The van der Waals surface area contributed by atoms with Crippen molar-refractivity contribution in [2.75, 3.05) is 19.0 Å². The molecule has 4 rings (SSSR count). The van der Waals surface area contributed by atoms with Crippen molar-refractivity contribution in [3.8, 4) is 5.75 Å². The van der Waals surface area contributed by atoms with E-state index in [4.69, 9.17) is 14.5 Å². The number of benzene rings is 2. The largest absolute Gasteiger partial charge is 0.497 e. The van der Waals surface area contributed by atoms with Crippen LogP contribution in [0.25, 0.3) is 10.2 Å². The van der Waals surface area contributed by atoms with E-state index in [0.717, 1.165) is 40.9 Å². The Hall–Kier alpha value is -2.93. The molecule has 1 N–H and O–H groups in total. The molecule has 0 aliphatic heterocycles. The Bertz CT molecular complexity index is 1020. The number of hydrogen-bond donors (Lipinski definition) is 1. The lowest BCUT2D eigenvalue weighted by Crippen LogP contribution is -2.34. The highest BCUT2D eigenvalue weighted by atomic mass is 32.1. The number of nitrogens with one attached hydrogen (secondary N) is 1. The summed E-state index contributed by atoms with van der Waals surface area (Å²) in [5.74, 6) is -0.0321. The van der Waals surface area contributed by atoms with E-state index in [9.17, 15) is 9.59 Å². The molecule has 0 saturated heterocycles. The highest BCUT2D eigenvalue weighted by molar-refractivity contribution is 7.18. The third-order valence-corrected chi connectivity index (χ3v) is 6.55. The fraction of sp³-hybridized carbons (Fsp3) is 0.348. The second-order valence-electron chi connectivity index (χ2n) is 7.60. The van der Waals surface area contributed by atoms with Gasteiger partial charge in [0, 0.05) is 18.2 Å². The summed E-state index contributed by atoms with van der Waals surface area (Å²) in [6.45, 7) is -0.308. The minimum absolute atomic E-state index is 0.306. The van der Waals surface area contributed by atoms with E-state index in [2.05, 4.69) is 5.32 Å². The number of carbonyl (C=O) groups excluding carboxylic acids is 2. The topological polar surface area (TPSA) is 77.5 Å². The van der Waals surface area contributed by atoms with Crippen molar-refractivity contribution >= 4 is 39.1 Å². The first kappa shape index (κ1) is 20.3. The summed E-state index contributed by atoms with van der Waals surface area (Å²) in [4.78, 5) is 30.0. The van der Waals surface area contributed by atoms with Gasteiger partial charge < -0.3 is 14.8 Å². The summed E-state index contributed by atoms with van der Waals surface area (Å²) >= 11 is 1.62. The molecule has 2 aromatic carbocycles. The zero-order valence-corrected chi connectivity index (χ0v) is 17.7. The number of rotatable bonds is 7. The van der Waals surface area contributed by atoms with E-state index in [0.29, 0.717) is 17.9 Å². The first-order chi connectivity index (χ1) is 14.6. The number of amides is 1. The van der Waals surface area contributed by atoms with E-state index in [1.165, 1.54) is 0 Å². The minimum Gasteiger partial charge on any atom is -0.497 e. The van der Waals surface area contributed by atoms with Crippen LogP contribution in [0.2, 0.25) is 0 Å². The van der Waals surface area contributed by atoms with Crippen molar-refractivity contribution < 1.29 is 19.1 Å². The Morgan fingerprint density at radius 3 is 2.70 bits per heavy atom. The maximum atomic E-state index is 13.0. The Kier molecular flexibility index (Phi) is 5.99. The number of thiazole rings is 1. The highest BCUT2D eigenvalue weighted by Gasteiger charge is 2.43. The standard InChI is InChI=1S/C23H24N2O4S/c1-28-17-8-6-7-16(13-17)24-20(26)15-29-22(27)23(11-4-5-12-23)14-21-25-18-9-2-3-10-19(18)30-21/h2-3,6-10,13H,4-5,11-12,14-15H2,1H3,(H,24,26). The molecular weight excluding hydrogens is 400 g/mol. The molecule has 3 aromatic rings. The number of para-hydroxylation sites is 1. The Labute approximate surface area is 179 Å². The molecule has 0 bridgehead atoms. The van der Waals surface area contributed by atoms with Crippen LogP contribution in [0.5, 0.6) is 5.75 Å². The Morgan fingerprint density at radius 2 is 1.93 bits per heavy atom. The molecule has 0 atom stereocenters. The number of nitrogens with zero attached hydrogens (tertiary/aromatic N) is 1. The Balaban J connectivity index is 1.40. The van der Waals surface area contributed by atoms with E-state index in [1.54, 1.807) is 42.7 Å². The molecule has 30 heavy (non-hydrogen) atoms. The third kappa shape index (κ3) is 4.46. The summed E-state index contributed by atoms with van der Waals surface area (Å²) < 4.78 is 11.7. The van der Waals surface area contributed by atoms with Gasteiger partial charge in [0.2, 0.25) is 0 Å². The zero-order valence-electron chi connectivity index (χ0n) is 16.8. The van der Waals surface area contributed by atoms with Crippen molar-refractivity contribution in [3.05, 3.63) is 53.5 Å². The normalized spacial score (nSPS) is 15.1. The Morgan fingerprint density at radius 1 is 1.13 bits per heavy atom. The van der Waals surface area contributed by atoms with Gasteiger partial charge in [0.25, 0.3) is 5.91 Å². The van der Waals surface area contributed by atoms with Gasteiger partial charge >= 0.3 is 5.97 Å². The lowest BCUT2D eigenvalue weighted by molar-refractivity contribution is -0.158. The van der Waals surface area contributed by atoms with E-state index >= 15 is 0 Å². The zero-order chi connectivity index (χ0) is 21.0. The summed E-state index contributed by atoms with van der Waals surface area (Å²) in [5, 5.41) is 3.68. The van der Waals surface area contributed by atoms with Crippen LogP contribution in [0.4, 0.5) is 5.69 Å². The molecule has 6 nitrogen and oxygen atoms in total. The van der Waals surface area contributed by atoms with E-state index < -0.39 is 5.41 Å². The van der Waals surface area contributed by atoms with Gasteiger partial charge in [-0.2, -0.15) is 0 Å². The number of ether oxygens (including phenoxy) is 2. The summed E-state index contributed by atoms with van der Waals surface area (Å²) in [5.41, 5.74) is 0.960. The number of hydrogen-bond acceptors (Lipinski definition) is 6. The van der Waals surface area contributed by atoms with E-state index in [1.807, 2.05) is 24.3 Å². The van der Waals surface area contributed by atoms with Crippen LogP contribution < -0.4 is 10.1 Å². The average molecular weight is 425 g/mol. The molecule has 0 unspecified atom stereocenters. The maximum absolute atomic E-state index is 13.0. The number of anilines is 1. The third-order valence-electron chi connectivity index (χ3n) is 5.51. The molecule has 1 aromatic heterocycles. The second kappa shape index (κ2) is 8.83. The van der Waals surface area contributed by atoms with Crippen molar-refractivity contribution in [1.29, 1.82) is 0 Å². The molecule has 1 aliphatic carbocycles. The van der Waals surface area contributed by atoms with Gasteiger partial charge in [-0.1, -0.05) is 31.0 Å². The van der Waals surface area contributed by atoms with Crippen LogP contribution in [0.15, 0.2) is 48.5 Å². The van der Waals surface area contributed by atoms with Gasteiger partial charge in [0.1, 0.15) is 5.75 Å². The SMILES string of the molecule is COc1cccc(NC(=O)COC(=O)C2(Cc3nc4ccccc4s3)CCCC2)c1.